The average molecular weight is 315 g/mol. The van der Waals surface area contributed by atoms with Gasteiger partial charge in [-0.05, 0) is 37.3 Å². The van der Waals surface area contributed by atoms with Crippen molar-refractivity contribution in [3.63, 3.8) is 0 Å². The van der Waals surface area contributed by atoms with Crippen molar-refractivity contribution in [1.82, 2.24) is 4.98 Å². The Labute approximate surface area is 131 Å². The van der Waals surface area contributed by atoms with Gasteiger partial charge >= 0.3 is 0 Å². The molecule has 3 rings (SSSR count). The first-order valence-corrected chi connectivity index (χ1v) is 7.04. The summed E-state index contributed by atoms with van der Waals surface area (Å²) in [6.07, 6.45) is 0. The van der Waals surface area contributed by atoms with Crippen molar-refractivity contribution in [2.24, 2.45) is 0 Å². The van der Waals surface area contributed by atoms with Crippen molar-refractivity contribution in [2.45, 2.75) is 6.92 Å². The number of benzene rings is 2. The maximum absolute atomic E-state index is 13.2. The Bertz CT molecular complexity index is 862. The number of amides is 1. The molecule has 0 fully saturated rings. The minimum absolute atomic E-state index is 0.0442. The highest BCUT2D eigenvalue weighted by atomic mass is 35.5. The highest BCUT2D eigenvalue weighted by molar-refractivity contribution is 6.33. The van der Waals surface area contributed by atoms with E-state index in [0.717, 1.165) is 5.56 Å². The number of rotatable bonds is 2. The van der Waals surface area contributed by atoms with Crippen molar-refractivity contribution < 1.29 is 9.18 Å². The topological polar surface area (TPSA) is 42.0 Å². The Morgan fingerprint density at radius 3 is 2.59 bits per heavy atom. The smallest absolute Gasteiger partial charge is 0.258 e. The summed E-state index contributed by atoms with van der Waals surface area (Å²) in [6, 6.07) is 13.2. The third-order valence-electron chi connectivity index (χ3n) is 3.29. The summed E-state index contributed by atoms with van der Waals surface area (Å²) in [5.41, 5.74) is 2.44. The maximum Gasteiger partial charge on any atom is 0.258 e. The van der Waals surface area contributed by atoms with Gasteiger partial charge in [0.15, 0.2) is 0 Å². The SMILES string of the molecule is Cc1ccc(NC(=O)c2cc3ccc(F)cc3nc2Cl)cc1. The standard InChI is InChI=1S/C17H12ClFN2O/c1-10-2-6-13(7-3-10)20-17(22)14-8-11-4-5-12(19)9-15(11)21-16(14)18/h2-9H,1H3,(H,20,22). The number of hydrogen-bond donors (Lipinski definition) is 1. The quantitative estimate of drug-likeness (QED) is 0.703. The van der Waals surface area contributed by atoms with Crippen LogP contribution in [0.5, 0.6) is 0 Å². The largest absolute Gasteiger partial charge is 0.322 e. The molecule has 22 heavy (non-hydrogen) atoms. The van der Waals surface area contributed by atoms with Crippen LogP contribution in [-0.2, 0) is 0 Å². The van der Waals surface area contributed by atoms with Gasteiger partial charge in [0.05, 0.1) is 11.1 Å². The van der Waals surface area contributed by atoms with Gasteiger partial charge in [-0.1, -0.05) is 29.3 Å². The zero-order valence-corrected chi connectivity index (χ0v) is 12.5. The molecule has 0 bridgehead atoms. The summed E-state index contributed by atoms with van der Waals surface area (Å²) in [4.78, 5) is 16.4. The van der Waals surface area contributed by atoms with Crippen LogP contribution in [0, 0.1) is 12.7 Å². The highest BCUT2D eigenvalue weighted by Crippen LogP contribution is 2.22. The second-order valence-corrected chi connectivity index (χ2v) is 5.34. The van der Waals surface area contributed by atoms with E-state index in [-0.39, 0.29) is 16.6 Å². The summed E-state index contributed by atoms with van der Waals surface area (Å²) in [7, 11) is 0. The Balaban J connectivity index is 1.94. The molecule has 0 aliphatic heterocycles. The first-order chi connectivity index (χ1) is 10.5. The molecule has 0 saturated carbocycles. The predicted octanol–water partition coefficient (Wildman–Crippen LogP) is 4.59. The summed E-state index contributed by atoms with van der Waals surface area (Å²) in [5, 5.41) is 3.46. The first-order valence-electron chi connectivity index (χ1n) is 6.67. The number of hydrogen-bond acceptors (Lipinski definition) is 2. The number of pyridine rings is 1. The number of aryl methyl sites for hydroxylation is 1. The Morgan fingerprint density at radius 1 is 1.14 bits per heavy atom. The van der Waals surface area contributed by atoms with Gasteiger partial charge in [0.25, 0.3) is 5.91 Å². The van der Waals surface area contributed by atoms with Crippen LogP contribution in [0.4, 0.5) is 10.1 Å². The monoisotopic (exact) mass is 314 g/mol. The lowest BCUT2D eigenvalue weighted by atomic mass is 10.1. The fourth-order valence-electron chi connectivity index (χ4n) is 2.11. The van der Waals surface area contributed by atoms with E-state index in [4.69, 9.17) is 11.6 Å². The van der Waals surface area contributed by atoms with E-state index in [0.29, 0.717) is 16.6 Å². The molecule has 0 unspecified atom stereocenters. The van der Waals surface area contributed by atoms with E-state index in [1.165, 1.54) is 12.1 Å². The van der Waals surface area contributed by atoms with E-state index in [1.807, 2.05) is 31.2 Å². The van der Waals surface area contributed by atoms with Gasteiger partial charge in [-0.2, -0.15) is 0 Å². The van der Waals surface area contributed by atoms with E-state index >= 15 is 0 Å². The average Bonchev–Trinajstić information content (AvgIpc) is 2.48. The van der Waals surface area contributed by atoms with E-state index in [2.05, 4.69) is 10.3 Å². The minimum atomic E-state index is -0.395. The first kappa shape index (κ1) is 14.5. The zero-order chi connectivity index (χ0) is 15.7. The third kappa shape index (κ3) is 2.92. The normalized spacial score (nSPS) is 10.7. The van der Waals surface area contributed by atoms with Gasteiger partial charge in [0.2, 0.25) is 0 Å². The van der Waals surface area contributed by atoms with Gasteiger partial charge in [-0.15, -0.1) is 0 Å². The molecule has 0 atom stereocenters. The lowest BCUT2D eigenvalue weighted by Gasteiger charge is -2.08. The summed E-state index contributed by atoms with van der Waals surface area (Å²) in [5.74, 6) is -0.750. The van der Waals surface area contributed by atoms with Crippen LogP contribution < -0.4 is 5.32 Å². The minimum Gasteiger partial charge on any atom is -0.322 e. The molecule has 3 nitrogen and oxygen atoms in total. The van der Waals surface area contributed by atoms with Crippen LogP contribution in [-0.4, -0.2) is 10.9 Å². The fourth-order valence-corrected chi connectivity index (χ4v) is 2.34. The van der Waals surface area contributed by atoms with Crippen LogP contribution >= 0.6 is 11.6 Å². The van der Waals surface area contributed by atoms with Gasteiger partial charge in [-0.25, -0.2) is 9.37 Å². The van der Waals surface area contributed by atoms with Crippen LogP contribution in [0.1, 0.15) is 15.9 Å². The molecule has 110 valence electrons. The van der Waals surface area contributed by atoms with Crippen LogP contribution in [0.2, 0.25) is 5.15 Å². The molecule has 0 aliphatic rings. The van der Waals surface area contributed by atoms with Gasteiger partial charge < -0.3 is 5.32 Å². The maximum atomic E-state index is 13.2. The molecule has 1 N–H and O–H groups in total. The molecular formula is C17H12ClFN2O. The van der Waals surface area contributed by atoms with Crippen LogP contribution in [0.3, 0.4) is 0 Å². The van der Waals surface area contributed by atoms with E-state index < -0.39 is 5.82 Å². The summed E-state index contributed by atoms with van der Waals surface area (Å²) in [6.45, 7) is 1.97. The number of halogens is 2. The van der Waals surface area contributed by atoms with Crippen molar-refractivity contribution in [3.8, 4) is 0 Å². The fraction of sp³-hybridized carbons (Fsp3) is 0.0588. The predicted molar refractivity (Wildman–Crippen MR) is 85.8 cm³/mol. The molecule has 0 aliphatic carbocycles. The Kier molecular flexibility index (Phi) is 3.77. The number of fused-ring (bicyclic) bond motifs is 1. The number of nitrogens with zero attached hydrogens (tertiary/aromatic N) is 1. The van der Waals surface area contributed by atoms with Crippen molar-refractivity contribution in [1.29, 1.82) is 0 Å². The van der Waals surface area contributed by atoms with Crippen molar-refractivity contribution in [2.75, 3.05) is 5.32 Å². The number of aromatic nitrogens is 1. The Hall–Kier alpha value is -2.46. The van der Waals surface area contributed by atoms with Crippen LogP contribution in [0.25, 0.3) is 10.9 Å². The second kappa shape index (κ2) is 5.73. The molecule has 1 amide bonds. The van der Waals surface area contributed by atoms with Crippen molar-refractivity contribution in [3.05, 3.63) is 70.6 Å². The lowest BCUT2D eigenvalue weighted by Crippen LogP contribution is -2.13. The molecule has 0 saturated heterocycles. The second-order valence-electron chi connectivity index (χ2n) is 4.98. The van der Waals surface area contributed by atoms with Gasteiger partial charge in [-0.3, -0.25) is 4.79 Å². The molecular weight excluding hydrogens is 303 g/mol. The zero-order valence-electron chi connectivity index (χ0n) is 11.7. The van der Waals surface area contributed by atoms with Crippen molar-refractivity contribution >= 4 is 34.1 Å². The van der Waals surface area contributed by atoms with E-state index in [1.54, 1.807) is 12.1 Å². The number of carbonyl (C=O) groups is 1. The van der Waals surface area contributed by atoms with Crippen LogP contribution in [0.15, 0.2) is 48.5 Å². The Morgan fingerprint density at radius 2 is 1.86 bits per heavy atom. The number of anilines is 1. The number of carbonyl (C=O) groups excluding carboxylic acids is 1. The molecule has 0 radical (unpaired) electrons. The third-order valence-corrected chi connectivity index (χ3v) is 3.58. The molecule has 3 aromatic rings. The van der Waals surface area contributed by atoms with Gasteiger partial charge in [0, 0.05) is 17.1 Å². The summed E-state index contributed by atoms with van der Waals surface area (Å²) >= 11 is 6.05. The molecule has 1 aromatic heterocycles. The van der Waals surface area contributed by atoms with E-state index in [9.17, 15) is 9.18 Å². The summed E-state index contributed by atoms with van der Waals surface area (Å²) < 4.78 is 13.2. The van der Waals surface area contributed by atoms with Gasteiger partial charge in [0.1, 0.15) is 11.0 Å². The number of nitrogens with one attached hydrogen (secondary N) is 1. The molecule has 1 heterocycles. The molecule has 2 aromatic carbocycles. The lowest BCUT2D eigenvalue weighted by molar-refractivity contribution is 0.102. The molecule has 5 heteroatoms. The highest BCUT2D eigenvalue weighted by Gasteiger charge is 2.13. The molecule has 0 spiro atoms.